The first-order valence-electron chi connectivity index (χ1n) is 6.07. The highest BCUT2D eigenvalue weighted by Gasteiger charge is 2.03. The molecule has 5 nitrogen and oxygen atoms in total. The number of imidazole rings is 1. The Morgan fingerprint density at radius 1 is 1.47 bits per heavy atom. The van der Waals surface area contributed by atoms with Crippen molar-refractivity contribution >= 4 is 21.6 Å². The lowest BCUT2D eigenvalue weighted by Gasteiger charge is -2.06. The Bertz CT molecular complexity index is 567. The summed E-state index contributed by atoms with van der Waals surface area (Å²) >= 11 is 3.36. The van der Waals surface area contributed by atoms with Gasteiger partial charge in [0.05, 0.1) is 31.3 Å². The summed E-state index contributed by atoms with van der Waals surface area (Å²) in [5.41, 5.74) is 2.98. The number of rotatable bonds is 7. The number of ether oxygens (including phenoxy) is 1. The third-order valence-electron chi connectivity index (χ3n) is 2.52. The smallest absolute Gasteiger partial charge is 0.155 e. The molecule has 19 heavy (non-hydrogen) atoms. The molecule has 2 aromatic heterocycles. The van der Waals surface area contributed by atoms with Gasteiger partial charge in [0.15, 0.2) is 5.65 Å². The fraction of sp³-hybridized carbons (Fsp3) is 0.385. The van der Waals surface area contributed by atoms with Crippen molar-refractivity contribution in [3.8, 4) is 0 Å². The Morgan fingerprint density at radius 2 is 2.32 bits per heavy atom. The average molecular weight is 325 g/mol. The molecule has 1 N–H and O–H groups in total. The number of fused-ring (bicyclic) bond motifs is 1. The van der Waals surface area contributed by atoms with Crippen LogP contribution in [0.4, 0.5) is 0 Å². The van der Waals surface area contributed by atoms with E-state index in [4.69, 9.17) is 4.74 Å². The number of nitrogens with zero attached hydrogens (tertiary/aromatic N) is 3. The lowest BCUT2D eigenvalue weighted by Crippen LogP contribution is -2.20. The highest BCUT2D eigenvalue weighted by molar-refractivity contribution is 9.10. The molecular weight excluding hydrogens is 308 g/mol. The Balaban J connectivity index is 1.81. The Labute approximate surface area is 120 Å². The van der Waals surface area contributed by atoms with Gasteiger partial charge in [0.1, 0.15) is 4.60 Å². The van der Waals surface area contributed by atoms with Gasteiger partial charge in [-0.15, -0.1) is 0 Å². The van der Waals surface area contributed by atoms with Crippen molar-refractivity contribution in [3.63, 3.8) is 0 Å². The number of hydrogen-bond acceptors (Lipinski definition) is 4. The summed E-state index contributed by atoms with van der Waals surface area (Å²) in [5.74, 6) is 0. The van der Waals surface area contributed by atoms with Gasteiger partial charge in [0.2, 0.25) is 0 Å². The summed E-state index contributed by atoms with van der Waals surface area (Å²) in [5, 5.41) is 3.32. The van der Waals surface area contributed by atoms with Crippen molar-refractivity contribution in [1.82, 2.24) is 19.7 Å². The summed E-state index contributed by atoms with van der Waals surface area (Å²) in [6, 6.07) is 0. The van der Waals surface area contributed by atoms with Crippen LogP contribution < -0.4 is 5.32 Å². The van der Waals surface area contributed by atoms with Gasteiger partial charge < -0.3 is 10.1 Å². The highest BCUT2D eigenvalue weighted by atomic mass is 79.9. The van der Waals surface area contributed by atoms with Gasteiger partial charge in [-0.25, -0.2) is 9.97 Å². The molecule has 2 aromatic rings. The predicted molar refractivity (Wildman–Crippen MR) is 78.0 cm³/mol. The molecule has 0 aromatic carbocycles. The largest absolute Gasteiger partial charge is 0.376 e. The van der Waals surface area contributed by atoms with Gasteiger partial charge in [0.25, 0.3) is 0 Å². The molecule has 0 aliphatic heterocycles. The van der Waals surface area contributed by atoms with Crippen LogP contribution in [0, 0.1) is 0 Å². The molecule has 0 radical (unpaired) electrons. The van der Waals surface area contributed by atoms with Crippen molar-refractivity contribution < 1.29 is 4.74 Å². The van der Waals surface area contributed by atoms with Crippen LogP contribution in [0.25, 0.3) is 5.65 Å². The topological polar surface area (TPSA) is 51.5 Å². The van der Waals surface area contributed by atoms with Crippen LogP contribution in [0.5, 0.6) is 0 Å². The first-order valence-corrected chi connectivity index (χ1v) is 6.86. The van der Waals surface area contributed by atoms with Crippen LogP contribution in [-0.4, -0.2) is 34.1 Å². The van der Waals surface area contributed by atoms with E-state index < -0.39 is 0 Å². The fourth-order valence-corrected chi connectivity index (χ4v) is 1.96. The van der Waals surface area contributed by atoms with Crippen LogP contribution in [0.2, 0.25) is 0 Å². The molecule has 0 aliphatic carbocycles. The van der Waals surface area contributed by atoms with E-state index in [0.717, 1.165) is 34.6 Å². The molecule has 0 aliphatic rings. The second-order valence-electron chi connectivity index (χ2n) is 4.37. The first kappa shape index (κ1) is 14.2. The number of hydrogen-bond donors (Lipinski definition) is 1. The zero-order chi connectivity index (χ0) is 13.7. The molecule has 0 fully saturated rings. The third kappa shape index (κ3) is 4.12. The van der Waals surface area contributed by atoms with Gasteiger partial charge in [0, 0.05) is 19.3 Å². The lowest BCUT2D eigenvalue weighted by atomic mass is 10.4. The Morgan fingerprint density at radius 3 is 3.11 bits per heavy atom. The SMILES string of the molecule is C=C(C)COCCNCc1cnc2cnc(Br)cn12. The minimum atomic E-state index is 0.621. The average Bonchev–Trinajstić information content (AvgIpc) is 2.76. The maximum Gasteiger partial charge on any atom is 0.155 e. The molecule has 0 saturated carbocycles. The zero-order valence-electron chi connectivity index (χ0n) is 10.9. The highest BCUT2D eigenvalue weighted by Crippen LogP contribution is 2.10. The number of aromatic nitrogens is 3. The molecule has 102 valence electrons. The quantitative estimate of drug-likeness (QED) is 0.626. The van der Waals surface area contributed by atoms with Gasteiger partial charge >= 0.3 is 0 Å². The molecule has 2 heterocycles. The van der Waals surface area contributed by atoms with Gasteiger partial charge in [-0.1, -0.05) is 12.2 Å². The van der Waals surface area contributed by atoms with Crippen LogP contribution in [-0.2, 0) is 11.3 Å². The molecule has 0 bridgehead atoms. The molecule has 0 saturated heterocycles. The number of nitrogens with one attached hydrogen (secondary N) is 1. The van der Waals surface area contributed by atoms with E-state index in [9.17, 15) is 0 Å². The zero-order valence-corrected chi connectivity index (χ0v) is 12.5. The second-order valence-corrected chi connectivity index (χ2v) is 5.19. The summed E-state index contributed by atoms with van der Waals surface area (Å²) in [4.78, 5) is 8.44. The normalized spacial score (nSPS) is 11.1. The van der Waals surface area contributed by atoms with E-state index in [2.05, 4.69) is 37.8 Å². The molecular formula is C13H17BrN4O. The predicted octanol–water partition coefficient (Wildman–Crippen LogP) is 2.17. The maximum atomic E-state index is 5.42. The van der Waals surface area contributed by atoms with Gasteiger partial charge in [-0.2, -0.15) is 0 Å². The molecule has 0 amide bonds. The number of halogens is 1. The lowest BCUT2D eigenvalue weighted by molar-refractivity contribution is 0.157. The standard InChI is InChI=1S/C13H17BrN4O/c1-10(2)9-19-4-3-15-5-11-6-17-13-7-16-12(14)8-18(11)13/h6-8,15H,1,3-5,9H2,2H3. The minimum absolute atomic E-state index is 0.621. The van der Waals surface area contributed by atoms with Crippen LogP contribution in [0.1, 0.15) is 12.6 Å². The van der Waals surface area contributed by atoms with E-state index in [0.29, 0.717) is 13.2 Å². The van der Waals surface area contributed by atoms with Crippen LogP contribution in [0.15, 0.2) is 35.3 Å². The van der Waals surface area contributed by atoms with Crippen molar-refractivity contribution in [2.24, 2.45) is 0 Å². The third-order valence-corrected chi connectivity index (χ3v) is 2.93. The van der Waals surface area contributed by atoms with Crippen molar-refractivity contribution in [3.05, 3.63) is 41.0 Å². The Hall–Kier alpha value is -1.24. The fourth-order valence-electron chi connectivity index (χ4n) is 1.65. The molecule has 2 rings (SSSR count). The van der Waals surface area contributed by atoms with E-state index >= 15 is 0 Å². The molecule has 0 atom stereocenters. The van der Waals surface area contributed by atoms with E-state index in [1.807, 2.05) is 23.7 Å². The van der Waals surface area contributed by atoms with Crippen molar-refractivity contribution in [2.75, 3.05) is 19.8 Å². The maximum absolute atomic E-state index is 5.42. The summed E-state index contributed by atoms with van der Waals surface area (Å²) < 4.78 is 8.23. The monoisotopic (exact) mass is 324 g/mol. The second kappa shape index (κ2) is 6.79. The van der Waals surface area contributed by atoms with Crippen LogP contribution in [0.3, 0.4) is 0 Å². The first-order chi connectivity index (χ1) is 9.16. The molecule has 0 spiro atoms. The summed E-state index contributed by atoms with van der Waals surface area (Å²) in [7, 11) is 0. The van der Waals surface area contributed by atoms with Crippen molar-refractivity contribution in [2.45, 2.75) is 13.5 Å². The Kier molecular flexibility index (Phi) is 5.07. The summed E-state index contributed by atoms with van der Waals surface area (Å²) in [6.45, 7) is 8.58. The van der Waals surface area contributed by atoms with Crippen LogP contribution >= 0.6 is 15.9 Å². The summed E-state index contributed by atoms with van der Waals surface area (Å²) in [6.07, 6.45) is 5.51. The molecule has 6 heteroatoms. The van der Waals surface area contributed by atoms with Crippen molar-refractivity contribution in [1.29, 1.82) is 0 Å². The van der Waals surface area contributed by atoms with E-state index in [-0.39, 0.29) is 0 Å². The van der Waals surface area contributed by atoms with Gasteiger partial charge in [-0.3, -0.25) is 4.40 Å². The van der Waals surface area contributed by atoms with E-state index in [1.165, 1.54) is 0 Å². The van der Waals surface area contributed by atoms with E-state index in [1.54, 1.807) is 6.20 Å². The minimum Gasteiger partial charge on any atom is -0.376 e. The van der Waals surface area contributed by atoms with Gasteiger partial charge in [-0.05, 0) is 22.9 Å². The molecule has 0 unspecified atom stereocenters.